The van der Waals surface area contributed by atoms with Crippen LogP contribution in [0.5, 0.6) is 11.5 Å². The lowest BCUT2D eigenvalue weighted by atomic mass is 9.95. The highest BCUT2D eigenvalue weighted by Gasteiger charge is 2.43. The molecule has 1 amide bonds. The van der Waals surface area contributed by atoms with Crippen molar-refractivity contribution in [2.45, 2.75) is 19.5 Å². The van der Waals surface area contributed by atoms with Crippen LogP contribution < -0.4 is 4.74 Å². The summed E-state index contributed by atoms with van der Waals surface area (Å²) in [5.41, 5.74) is 2.83. The molecule has 2 N–H and O–H groups in total. The molecule has 0 saturated carbocycles. The summed E-state index contributed by atoms with van der Waals surface area (Å²) in [6, 6.07) is 15.5. The third-order valence-electron chi connectivity index (χ3n) is 5.47. The van der Waals surface area contributed by atoms with Crippen molar-refractivity contribution in [3.8, 4) is 22.8 Å². The Morgan fingerprint density at radius 1 is 1.22 bits per heavy atom. The monoisotopic (exact) mass is 449 g/mol. The molecule has 2 aromatic heterocycles. The van der Waals surface area contributed by atoms with Crippen LogP contribution in [0.15, 0.2) is 65.3 Å². The van der Waals surface area contributed by atoms with E-state index in [0.717, 1.165) is 5.56 Å². The van der Waals surface area contributed by atoms with Crippen LogP contribution in [-0.2, 0) is 6.54 Å². The summed E-state index contributed by atoms with van der Waals surface area (Å²) in [7, 11) is 0. The van der Waals surface area contributed by atoms with Crippen LogP contribution >= 0.6 is 11.6 Å². The SMILES string of the molecule is CCOc1cccc(C2c3c(-c4cc(Cl)ccc4O)n[nH]c3C(=O)N2Cc2ccco2)c1. The van der Waals surface area contributed by atoms with E-state index in [4.69, 9.17) is 20.8 Å². The van der Waals surface area contributed by atoms with Gasteiger partial charge in [-0.2, -0.15) is 5.10 Å². The predicted octanol–water partition coefficient (Wildman–Crippen LogP) is 5.17. The number of rotatable bonds is 6. The number of hydrogen-bond donors (Lipinski definition) is 2. The number of aromatic hydroxyl groups is 1. The molecule has 8 heteroatoms. The number of aromatic amines is 1. The average molecular weight is 450 g/mol. The fraction of sp³-hybridized carbons (Fsp3) is 0.167. The molecule has 1 aliphatic heterocycles. The normalized spacial score (nSPS) is 15.2. The van der Waals surface area contributed by atoms with E-state index in [-0.39, 0.29) is 18.2 Å². The molecule has 162 valence electrons. The van der Waals surface area contributed by atoms with Gasteiger partial charge in [0.25, 0.3) is 5.91 Å². The number of nitrogens with one attached hydrogen (secondary N) is 1. The maximum atomic E-state index is 13.4. The number of ether oxygens (including phenoxy) is 1. The van der Waals surface area contributed by atoms with Crippen molar-refractivity contribution in [1.82, 2.24) is 15.1 Å². The Labute approximate surface area is 189 Å². The molecule has 4 aromatic rings. The summed E-state index contributed by atoms with van der Waals surface area (Å²) in [5, 5.41) is 18.2. The van der Waals surface area contributed by atoms with Gasteiger partial charge in [-0.15, -0.1) is 0 Å². The summed E-state index contributed by atoms with van der Waals surface area (Å²) >= 11 is 6.19. The molecule has 0 aliphatic carbocycles. The number of phenols is 1. The Balaban J connectivity index is 1.68. The molecule has 1 unspecified atom stereocenters. The van der Waals surface area contributed by atoms with Crippen LogP contribution in [0.3, 0.4) is 0 Å². The van der Waals surface area contributed by atoms with Crippen molar-refractivity contribution in [1.29, 1.82) is 0 Å². The molecule has 0 fully saturated rings. The Hall–Kier alpha value is -3.71. The second-order valence-corrected chi connectivity index (χ2v) is 7.88. The summed E-state index contributed by atoms with van der Waals surface area (Å²) in [5.74, 6) is 1.19. The average Bonchev–Trinajstić information content (AvgIpc) is 3.50. The molecule has 7 nitrogen and oxygen atoms in total. The number of nitrogens with zero attached hydrogens (tertiary/aromatic N) is 2. The lowest BCUT2D eigenvalue weighted by Gasteiger charge is -2.26. The van der Waals surface area contributed by atoms with Gasteiger partial charge in [0.1, 0.15) is 28.6 Å². The number of carbonyl (C=O) groups is 1. The van der Waals surface area contributed by atoms with Gasteiger partial charge in [-0.3, -0.25) is 9.89 Å². The summed E-state index contributed by atoms with van der Waals surface area (Å²) in [6.07, 6.45) is 1.58. The molecule has 5 rings (SSSR count). The molecule has 0 saturated heterocycles. The van der Waals surface area contributed by atoms with Gasteiger partial charge < -0.3 is 19.2 Å². The first-order valence-electron chi connectivity index (χ1n) is 10.2. The first kappa shape index (κ1) is 20.2. The minimum Gasteiger partial charge on any atom is -0.507 e. The van der Waals surface area contributed by atoms with Crippen LogP contribution in [0.2, 0.25) is 5.02 Å². The molecule has 1 aliphatic rings. The maximum absolute atomic E-state index is 13.4. The van der Waals surface area contributed by atoms with Gasteiger partial charge in [0.05, 0.1) is 25.5 Å². The third kappa shape index (κ3) is 3.40. The lowest BCUT2D eigenvalue weighted by molar-refractivity contribution is 0.0716. The van der Waals surface area contributed by atoms with Crippen LogP contribution in [0.4, 0.5) is 0 Å². The smallest absolute Gasteiger partial charge is 0.273 e. The Morgan fingerprint density at radius 3 is 2.88 bits per heavy atom. The third-order valence-corrected chi connectivity index (χ3v) is 5.70. The van der Waals surface area contributed by atoms with Crippen LogP contribution in [0, 0.1) is 0 Å². The van der Waals surface area contributed by atoms with Crippen molar-refractivity contribution in [2.24, 2.45) is 0 Å². The lowest BCUT2D eigenvalue weighted by Crippen LogP contribution is -2.29. The fourth-order valence-corrected chi connectivity index (χ4v) is 4.29. The van der Waals surface area contributed by atoms with Crippen LogP contribution in [0.1, 0.15) is 40.3 Å². The van der Waals surface area contributed by atoms with Gasteiger partial charge in [0, 0.05) is 16.1 Å². The predicted molar refractivity (Wildman–Crippen MR) is 119 cm³/mol. The molecule has 2 aromatic carbocycles. The van der Waals surface area contributed by atoms with E-state index in [9.17, 15) is 9.90 Å². The zero-order valence-electron chi connectivity index (χ0n) is 17.2. The number of phenolic OH excluding ortho intramolecular Hbond substituents is 1. The summed E-state index contributed by atoms with van der Waals surface area (Å²) in [4.78, 5) is 15.1. The Morgan fingerprint density at radius 2 is 2.09 bits per heavy atom. The van der Waals surface area contributed by atoms with Crippen molar-refractivity contribution >= 4 is 17.5 Å². The Bertz CT molecular complexity index is 1280. The fourth-order valence-electron chi connectivity index (χ4n) is 4.12. The largest absolute Gasteiger partial charge is 0.507 e. The number of hydrogen-bond acceptors (Lipinski definition) is 5. The number of H-pyrrole nitrogens is 1. The maximum Gasteiger partial charge on any atom is 0.273 e. The van der Waals surface area contributed by atoms with E-state index in [0.29, 0.717) is 45.7 Å². The van der Waals surface area contributed by atoms with Crippen molar-refractivity contribution in [3.05, 3.63) is 88.5 Å². The van der Waals surface area contributed by atoms with Crippen LogP contribution in [0.25, 0.3) is 11.3 Å². The van der Waals surface area contributed by atoms with Crippen molar-refractivity contribution in [2.75, 3.05) is 6.61 Å². The summed E-state index contributed by atoms with van der Waals surface area (Å²) in [6.45, 7) is 2.73. The summed E-state index contributed by atoms with van der Waals surface area (Å²) < 4.78 is 11.2. The van der Waals surface area contributed by atoms with Gasteiger partial charge >= 0.3 is 0 Å². The Kier molecular flexibility index (Phi) is 5.11. The zero-order chi connectivity index (χ0) is 22.2. The van der Waals surface area contributed by atoms with E-state index < -0.39 is 6.04 Å². The molecule has 0 bridgehead atoms. The van der Waals surface area contributed by atoms with E-state index in [1.165, 1.54) is 6.07 Å². The van der Waals surface area contributed by atoms with Gasteiger partial charge in [-0.1, -0.05) is 23.7 Å². The molecular formula is C24H20ClN3O4. The van der Waals surface area contributed by atoms with Gasteiger partial charge in [0.2, 0.25) is 0 Å². The topological polar surface area (TPSA) is 91.6 Å². The highest BCUT2D eigenvalue weighted by molar-refractivity contribution is 6.31. The van der Waals surface area contributed by atoms with Crippen molar-refractivity contribution < 1.29 is 19.1 Å². The minimum atomic E-state index is -0.463. The molecule has 1 atom stereocenters. The number of aromatic nitrogens is 2. The van der Waals surface area contributed by atoms with Crippen molar-refractivity contribution in [3.63, 3.8) is 0 Å². The molecule has 3 heterocycles. The number of amides is 1. The van der Waals surface area contributed by atoms with E-state index >= 15 is 0 Å². The molecule has 32 heavy (non-hydrogen) atoms. The van der Waals surface area contributed by atoms with Gasteiger partial charge in [0.15, 0.2) is 0 Å². The number of carbonyl (C=O) groups excluding carboxylic acids is 1. The van der Waals surface area contributed by atoms with Crippen LogP contribution in [-0.4, -0.2) is 32.7 Å². The van der Waals surface area contributed by atoms with E-state index in [1.54, 1.807) is 29.4 Å². The van der Waals surface area contributed by atoms with E-state index in [1.807, 2.05) is 37.3 Å². The first-order valence-corrected chi connectivity index (χ1v) is 10.6. The van der Waals surface area contributed by atoms with Gasteiger partial charge in [-0.05, 0) is 55.0 Å². The van der Waals surface area contributed by atoms with Gasteiger partial charge in [-0.25, -0.2) is 0 Å². The number of halogens is 1. The quantitative estimate of drug-likeness (QED) is 0.423. The zero-order valence-corrected chi connectivity index (χ0v) is 18.0. The first-order chi connectivity index (χ1) is 15.6. The number of fused-ring (bicyclic) bond motifs is 1. The second-order valence-electron chi connectivity index (χ2n) is 7.44. The highest BCUT2D eigenvalue weighted by atomic mass is 35.5. The molecule has 0 radical (unpaired) electrons. The van der Waals surface area contributed by atoms with E-state index in [2.05, 4.69) is 10.2 Å². The number of benzene rings is 2. The minimum absolute atomic E-state index is 0.0300. The highest BCUT2D eigenvalue weighted by Crippen LogP contribution is 2.45. The second kappa shape index (κ2) is 8.09. The number of furan rings is 1. The molecule has 0 spiro atoms. The standard InChI is InChI=1S/C24H20ClN3O4/c1-2-31-16-6-3-5-14(11-16)23-20-21(18-12-15(25)8-9-19(18)29)26-27-22(20)24(30)28(23)13-17-7-4-10-32-17/h3-12,23,29H,2,13H2,1H3,(H,26,27). The molecular weight excluding hydrogens is 430 g/mol.